The minimum Gasteiger partial charge on any atom is -0.481 e. The Morgan fingerprint density at radius 3 is 2.33 bits per heavy atom. The summed E-state index contributed by atoms with van der Waals surface area (Å²) in [5.74, 6) is -1.07. The van der Waals surface area contributed by atoms with Crippen LogP contribution in [0.4, 0.5) is 11.4 Å². The average molecular weight is 399 g/mol. The summed E-state index contributed by atoms with van der Waals surface area (Å²) >= 11 is 6.64. The number of hydrogen-bond donors (Lipinski definition) is 1. The van der Waals surface area contributed by atoms with Gasteiger partial charge in [-0.3, -0.25) is 14.5 Å². The van der Waals surface area contributed by atoms with E-state index in [-0.39, 0.29) is 12.3 Å². The van der Waals surface area contributed by atoms with Crippen molar-refractivity contribution >= 4 is 57.6 Å². The van der Waals surface area contributed by atoms with Gasteiger partial charge in [-0.25, -0.2) is 0 Å². The molecule has 0 saturated carbocycles. The highest BCUT2D eigenvalue weighted by atomic mass is 32.2. The maximum Gasteiger partial charge on any atom is 0.307 e. The first-order chi connectivity index (χ1) is 12.8. The van der Waals surface area contributed by atoms with Crippen LogP contribution in [-0.4, -0.2) is 35.4 Å². The van der Waals surface area contributed by atoms with Crippen LogP contribution in [-0.2, 0) is 16.0 Å². The Morgan fingerprint density at radius 1 is 1.15 bits per heavy atom. The van der Waals surface area contributed by atoms with Gasteiger partial charge in [0.2, 0.25) is 0 Å². The van der Waals surface area contributed by atoms with Gasteiger partial charge in [-0.05, 0) is 41.5 Å². The van der Waals surface area contributed by atoms with Crippen LogP contribution >= 0.6 is 24.0 Å². The van der Waals surface area contributed by atoms with Gasteiger partial charge in [-0.15, -0.1) is 0 Å². The Hall–Kier alpha value is -2.64. The summed E-state index contributed by atoms with van der Waals surface area (Å²) in [6.45, 7) is 0. The molecule has 1 N–H and O–H groups in total. The third kappa shape index (κ3) is 4.37. The molecular formula is C20H18N2O3S2. The molecule has 1 fully saturated rings. The third-order valence-electron chi connectivity index (χ3n) is 4.05. The van der Waals surface area contributed by atoms with E-state index in [0.717, 1.165) is 11.3 Å². The molecule has 2 aromatic carbocycles. The van der Waals surface area contributed by atoms with Gasteiger partial charge in [0.05, 0.1) is 17.0 Å². The number of thiocarbonyl (C=S) groups is 1. The standard InChI is InChI=1S/C20H18N2O3S2/c1-21(2)15-7-3-13(4-8-15)11-17-19(25)22(20(26)27-17)16-9-5-14(6-10-16)12-18(23)24/h3-11H,12H2,1-2H3,(H,23,24)/b17-11-. The van der Waals surface area contributed by atoms with Gasteiger partial charge < -0.3 is 10.0 Å². The number of hydrogen-bond acceptors (Lipinski definition) is 5. The monoisotopic (exact) mass is 398 g/mol. The Kier molecular flexibility index (Phi) is 5.62. The predicted molar refractivity (Wildman–Crippen MR) is 114 cm³/mol. The SMILES string of the molecule is CN(C)c1ccc(/C=C2\SC(=S)N(c3ccc(CC(=O)O)cc3)C2=O)cc1. The average Bonchev–Trinajstić information content (AvgIpc) is 2.89. The molecule has 1 saturated heterocycles. The molecule has 0 bridgehead atoms. The van der Waals surface area contributed by atoms with E-state index in [1.54, 1.807) is 24.3 Å². The normalized spacial score (nSPS) is 15.5. The lowest BCUT2D eigenvalue weighted by atomic mass is 10.1. The largest absolute Gasteiger partial charge is 0.481 e. The van der Waals surface area contributed by atoms with Crippen LogP contribution in [0.2, 0.25) is 0 Å². The lowest BCUT2D eigenvalue weighted by Gasteiger charge is -2.14. The summed E-state index contributed by atoms with van der Waals surface area (Å²) in [6.07, 6.45) is 1.78. The van der Waals surface area contributed by atoms with Crippen molar-refractivity contribution in [2.24, 2.45) is 0 Å². The van der Waals surface area contributed by atoms with Crippen molar-refractivity contribution in [2.45, 2.75) is 6.42 Å². The number of carbonyl (C=O) groups is 2. The minimum atomic E-state index is -0.892. The van der Waals surface area contributed by atoms with E-state index in [1.807, 2.05) is 49.3 Å². The molecule has 0 atom stereocenters. The molecule has 5 nitrogen and oxygen atoms in total. The zero-order valence-corrected chi connectivity index (χ0v) is 16.5. The summed E-state index contributed by atoms with van der Waals surface area (Å²) in [6, 6.07) is 14.7. The molecule has 0 radical (unpaired) electrons. The number of carbonyl (C=O) groups excluding carboxylic acids is 1. The minimum absolute atomic E-state index is 0.0540. The van der Waals surface area contributed by atoms with E-state index in [0.29, 0.717) is 20.5 Å². The van der Waals surface area contributed by atoms with Gasteiger partial charge in [0.1, 0.15) is 0 Å². The first-order valence-corrected chi connectivity index (χ1v) is 9.44. The summed E-state index contributed by atoms with van der Waals surface area (Å²) in [5.41, 5.74) is 3.32. The van der Waals surface area contributed by atoms with Crippen molar-refractivity contribution in [3.63, 3.8) is 0 Å². The first-order valence-electron chi connectivity index (χ1n) is 8.21. The molecule has 138 valence electrons. The van der Waals surface area contributed by atoms with E-state index in [4.69, 9.17) is 17.3 Å². The lowest BCUT2D eigenvalue weighted by molar-refractivity contribution is -0.136. The fourth-order valence-corrected chi connectivity index (χ4v) is 3.95. The molecule has 1 amide bonds. The number of amides is 1. The topological polar surface area (TPSA) is 60.9 Å². The number of nitrogens with zero attached hydrogens (tertiary/aromatic N) is 2. The van der Waals surface area contributed by atoms with E-state index in [1.165, 1.54) is 16.7 Å². The van der Waals surface area contributed by atoms with E-state index >= 15 is 0 Å². The Balaban J connectivity index is 1.81. The van der Waals surface area contributed by atoms with Crippen LogP contribution < -0.4 is 9.80 Å². The number of carboxylic acid groups (broad SMARTS) is 1. The van der Waals surface area contributed by atoms with Crippen LogP contribution in [0, 0.1) is 0 Å². The van der Waals surface area contributed by atoms with Gasteiger partial charge in [-0.2, -0.15) is 0 Å². The van der Waals surface area contributed by atoms with Crippen LogP contribution in [0.15, 0.2) is 53.4 Å². The number of carboxylic acids is 1. The Morgan fingerprint density at radius 2 is 1.78 bits per heavy atom. The van der Waals surface area contributed by atoms with Gasteiger partial charge in [0.25, 0.3) is 5.91 Å². The van der Waals surface area contributed by atoms with Crippen molar-refractivity contribution in [1.29, 1.82) is 0 Å². The van der Waals surface area contributed by atoms with E-state index in [9.17, 15) is 9.59 Å². The molecule has 3 rings (SSSR count). The van der Waals surface area contributed by atoms with Crippen molar-refractivity contribution in [3.05, 3.63) is 64.6 Å². The number of anilines is 2. The van der Waals surface area contributed by atoms with Crippen LogP contribution in [0.1, 0.15) is 11.1 Å². The summed E-state index contributed by atoms with van der Waals surface area (Å²) in [7, 11) is 3.95. The molecule has 7 heteroatoms. The summed E-state index contributed by atoms with van der Waals surface area (Å²) in [5, 5.41) is 8.86. The Labute approximate surface area is 167 Å². The second-order valence-corrected chi connectivity index (χ2v) is 7.92. The highest BCUT2D eigenvalue weighted by Crippen LogP contribution is 2.36. The van der Waals surface area contributed by atoms with Gasteiger partial charge in [-0.1, -0.05) is 48.2 Å². The maximum atomic E-state index is 12.8. The number of benzene rings is 2. The lowest BCUT2D eigenvalue weighted by Crippen LogP contribution is -2.27. The fraction of sp³-hybridized carbons (Fsp3) is 0.150. The number of thioether (sulfide) groups is 1. The zero-order chi connectivity index (χ0) is 19.6. The molecule has 27 heavy (non-hydrogen) atoms. The van der Waals surface area contributed by atoms with Crippen molar-refractivity contribution in [2.75, 3.05) is 23.9 Å². The molecular weight excluding hydrogens is 380 g/mol. The third-order valence-corrected chi connectivity index (χ3v) is 5.35. The van der Waals surface area contributed by atoms with Gasteiger partial charge >= 0.3 is 5.97 Å². The zero-order valence-electron chi connectivity index (χ0n) is 14.9. The molecule has 0 aromatic heterocycles. The smallest absolute Gasteiger partial charge is 0.307 e. The van der Waals surface area contributed by atoms with Crippen LogP contribution in [0.5, 0.6) is 0 Å². The molecule has 0 spiro atoms. The summed E-state index contributed by atoms with van der Waals surface area (Å²) in [4.78, 5) is 27.6. The molecule has 1 aliphatic rings. The van der Waals surface area contributed by atoms with Crippen LogP contribution in [0.25, 0.3) is 6.08 Å². The Bertz CT molecular complexity index is 919. The predicted octanol–water partition coefficient (Wildman–Crippen LogP) is 3.79. The molecule has 1 aliphatic heterocycles. The molecule has 1 heterocycles. The maximum absolute atomic E-state index is 12.8. The number of aliphatic carboxylic acids is 1. The van der Waals surface area contributed by atoms with Crippen molar-refractivity contribution in [3.8, 4) is 0 Å². The number of rotatable bonds is 5. The summed E-state index contributed by atoms with van der Waals surface area (Å²) < 4.78 is 0.460. The second kappa shape index (κ2) is 7.94. The molecule has 0 aliphatic carbocycles. The second-order valence-electron chi connectivity index (χ2n) is 6.24. The van der Waals surface area contributed by atoms with Gasteiger partial charge in [0.15, 0.2) is 4.32 Å². The fourth-order valence-electron chi connectivity index (χ4n) is 2.65. The highest BCUT2D eigenvalue weighted by Gasteiger charge is 2.33. The van der Waals surface area contributed by atoms with Crippen molar-refractivity contribution in [1.82, 2.24) is 0 Å². The van der Waals surface area contributed by atoms with Gasteiger partial charge in [0, 0.05) is 19.8 Å². The van der Waals surface area contributed by atoms with E-state index in [2.05, 4.69) is 0 Å². The van der Waals surface area contributed by atoms with Crippen molar-refractivity contribution < 1.29 is 14.7 Å². The highest BCUT2D eigenvalue weighted by molar-refractivity contribution is 8.27. The molecule has 0 unspecified atom stereocenters. The molecule has 2 aromatic rings. The first kappa shape index (κ1) is 19.1. The van der Waals surface area contributed by atoms with Crippen LogP contribution in [0.3, 0.4) is 0 Å². The van der Waals surface area contributed by atoms with E-state index < -0.39 is 5.97 Å². The quantitative estimate of drug-likeness (QED) is 0.611.